The van der Waals surface area contributed by atoms with Crippen molar-refractivity contribution in [2.24, 2.45) is 0 Å². The molecule has 5 heteroatoms. The molecule has 0 saturated carbocycles. The van der Waals surface area contributed by atoms with Gasteiger partial charge >= 0.3 is 0 Å². The van der Waals surface area contributed by atoms with Crippen molar-refractivity contribution in [1.82, 2.24) is 10.1 Å². The van der Waals surface area contributed by atoms with Gasteiger partial charge in [-0.2, -0.15) is 4.98 Å². The highest BCUT2D eigenvalue weighted by atomic mass is 16.5. The van der Waals surface area contributed by atoms with Crippen molar-refractivity contribution in [2.45, 2.75) is 12.8 Å². The summed E-state index contributed by atoms with van der Waals surface area (Å²) in [5.41, 5.74) is 7.52. The Labute approximate surface area is 122 Å². The average molecular weight is 283 g/mol. The minimum absolute atomic E-state index is 0.464. The molecule has 0 spiro atoms. The number of nitrogens with zero attached hydrogens (tertiary/aromatic N) is 2. The summed E-state index contributed by atoms with van der Waals surface area (Å²) in [6.45, 7) is 0.683. The molecular formula is C16H17N3O2. The molecule has 108 valence electrons. The van der Waals surface area contributed by atoms with Crippen LogP contribution in [0.1, 0.15) is 12.2 Å². The van der Waals surface area contributed by atoms with Gasteiger partial charge < -0.3 is 15.0 Å². The number of anilines is 1. The van der Waals surface area contributed by atoms with Gasteiger partial charge in [-0.25, -0.2) is 0 Å². The minimum Gasteiger partial charge on any atom is -0.398 e. The zero-order valence-electron chi connectivity index (χ0n) is 11.9. The summed E-state index contributed by atoms with van der Waals surface area (Å²) in [7, 11) is 1.68. The number of nitrogen functional groups attached to an aromatic ring is 1. The van der Waals surface area contributed by atoms with E-state index in [9.17, 15) is 0 Å². The molecule has 5 nitrogen and oxygen atoms in total. The summed E-state index contributed by atoms with van der Waals surface area (Å²) in [6.07, 6.45) is 1.59. The Hall–Kier alpha value is -2.40. The molecule has 0 unspecified atom stereocenters. The van der Waals surface area contributed by atoms with E-state index >= 15 is 0 Å². The van der Waals surface area contributed by atoms with Crippen molar-refractivity contribution in [3.63, 3.8) is 0 Å². The molecule has 0 bridgehead atoms. The maximum atomic E-state index is 6.10. The number of hydrogen-bond donors (Lipinski definition) is 1. The Bertz CT molecular complexity index is 752. The SMILES string of the molecule is COCCCc1noc(-c2cc3ccccc3cc2N)n1. The molecular weight excluding hydrogens is 266 g/mol. The summed E-state index contributed by atoms with van der Waals surface area (Å²) in [5.74, 6) is 1.14. The summed E-state index contributed by atoms with van der Waals surface area (Å²) >= 11 is 0. The maximum Gasteiger partial charge on any atom is 0.260 e. The third-order valence-corrected chi connectivity index (χ3v) is 3.37. The van der Waals surface area contributed by atoms with Crippen LogP contribution >= 0.6 is 0 Å². The number of aryl methyl sites for hydroxylation is 1. The molecule has 2 aromatic carbocycles. The van der Waals surface area contributed by atoms with Gasteiger partial charge in [0.2, 0.25) is 0 Å². The molecule has 0 aliphatic rings. The molecule has 0 saturated heterocycles. The molecule has 21 heavy (non-hydrogen) atoms. The van der Waals surface area contributed by atoms with Crippen LogP contribution in [0.5, 0.6) is 0 Å². The molecule has 1 heterocycles. The third kappa shape index (κ3) is 2.87. The van der Waals surface area contributed by atoms with E-state index in [1.54, 1.807) is 7.11 Å². The first-order valence-corrected chi connectivity index (χ1v) is 6.88. The van der Waals surface area contributed by atoms with Crippen molar-refractivity contribution >= 4 is 16.5 Å². The fourth-order valence-electron chi connectivity index (χ4n) is 2.28. The van der Waals surface area contributed by atoms with E-state index < -0.39 is 0 Å². The number of ether oxygens (including phenoxy) is 1. The quantitative estimate of drug-likeness (QED) is 0.575. The van der Waals surface area contributed by atoms with Crippen LogP contribution < -0.4 is 5.73 Å². The molecule has 0 radical (unpaired) electrons. The van der Waals surface area contributed by atoms with Gasteiger partial charge in [-0.1, -0.05) is 29.4 Å². The van der Waals surface area contributed by atoms with E-state index in [-0.39, 0.29) is 0 Å². The fraction of sp³-hybridized carbons (Fsp3) is 0.250. The second-order valence-electron chi connectivity index (χ2n) is 4.90. The van der Waals surface area contributed by atoms with Crippen LogP contribution in [0.25, 0.3) is 22.2 Å². The number of aromatic nitrogens is 2. The number of benzene rings is 2. The molecule has 0 amide bonds. The first-order chi connectivity index (χ1) is 10.3. The van der Waals surface area contributed by atoms with Gasteiger partial charge in [0.15, 0.2) is 5.82 Å². The predicted octanol–water partition coefficient (Wildman–Crippen LogP) is 3.05. The van der Waals surface area contributed by atoms with Gasteiger partial charge in [0, 0.05) is 25.8 Å². The lowest BCUT2D eigenvalue weighted by atomic mass is 10.1. The smallest absolute Gasteiger partial charge is 0.260 e. The highest BCUT2D eigenvalue weighted by Crippen LogP contribution is 2.29. The van der Waals surface area contributed by atoms with Gasteiger partial charge in [-0.15, -0.1) is 0 Å². The third-order valence-electron chi connectivity index (χ3n) is 3.37. The molecule has 2 N–H and O–H groups in total. The zero-order valence-corrected chi connectivity index (χ0v) is 11.9. The van der Waals surface area contributed by atoms with Crippen molar-refractivity contribution < 1.29 is 9.26 Å². The lowest BCUT2D eigenvalue weighted by molar-refractivity contribution is 0.194. The molecule has 0 atom stereocenters. The Morgan fingerprint density at radius 3 is 2.71 bits per heavy atom. The summed E-state index contributed by atoms with van der Waals surface area (Å²) in [4.78, 5) is 4.41. The Morgan fingerprint density at radius 2 is 1.95 bits per heavy atom. The van der Waals surface area contributed by atoms with Gasteiger partial charge in [-0.05, 0) is 29.3 Å². The van der Waals surface area contributed by atoms with E-state index in [1.165, 1.54) is 0 Å². The molecule has 1 aromatic heterocycles. The largest absolute Gasteiger partial charge is 0.398 e. The average Bonchev–Trinajstić information content (AvgIpc) is 2.95. The Balaban J connectivity index is 1.91. The van der Waals surface area contributed by atoms with Gasteiger partial charge in [0.05, 0.1) is 5.56 Å². The number of hydrogen-bond acceptors (Lipinski definition) is 5. The van der Waals surface area contributed by atoms with E-state index in [0.29, 0.717) is 24.0 Å². The van der Waals surface area contributed by atoms with Crippen molar-refractivity contribution in [1.29, 1.82) is 0 Å². The highest BCUT2D eigenvalue weighted by molar-refractivity contribution is 5.92. The summed E-state index contributed by atoms with van der Waals surface area (Å²) in [6, 6.07) is 12.0. The van der Waals surface area contributed by atoms with E-state index in [4.69, 9.17) is 15.0 Å². The Kier molecular flexibility index (Phi) is 3.83. The first kappa shape index (κ1) is 13.6. The van der Waals surface area contributed by atoms with Crippen LogP contribution in [-0.4, -0.2) is 23.9 Å². The number of rotatable bonds is 5. The van der Waals surface area contributed by atoms with Gasteiger partial charge in [-0.3, -0.25) is 0 Å². The number of methoxy groups -OCH3 is 1. The zero-order chi connectivity index (χ0) is 14.7. The molecule has 3 aromatic rings. The summed E-state index contributed by atoms with van der Waals surface area (Å²) in [5, 5.41) is 6.18. The molecule has 0 aliphatic heterocycles. The molecule has 0 fully saturated rings. The van der Waals surface area contributed by atoms with Crippen LogP contribution in [0.2, 0.25) is 0 Å². The standard InChI is InChI=1S/C16H17N3O2/c1-20-8-4-7-15-18-16(21-19-15)13-9-11-5-2-3-6-12(11)10-14(13)17/h2-3,5-6,9-10H,4,7-8,17H2,1H3. The monoisotopic (exact) mass is 283 g/mol. The second-order valence-corrected chi connectivity index (χ2v) is 4.90. The number of fused-ring (bicyclic) bond motifs is 1. The van der Waals surface area contributed by atoms with Crippen LogP contribution in [0, 0.1) is 0 Å². The van der Waals surface area contributed by atoms with Crippen LogP contribution in [0.3, 0.4) is 0 Å². The van der Waals surface area contributed by atoms with Crippen molar-refractivity contribution in [3.05, 3.63) is 42.2 Å². The van der Waals surface area contributed by atoms with E-state index in [2.05, 4.69) is 10.1 Å². The predicted molar refractivity (Wildman–Crippen MR) is 81.8 cm³/mol. The highest BCUT2D eigenvalue weighted by Gasteiger charge is 2.12. The summed E-state index contributed by atoms with van der Waals surface area (Å²) < 4.78 is 10.3. The first-order valence-electron chi connectivity index (χ1n) is 6.88. The van der Waals surface area contributed by atoms with Gasteiger partial charge in [0.1, 0.15) is 0 Å². The van der Waals surface area contributed by atoms with E-state index in [0.717, 1.165) is 29.2 Å². The van der Waals surface area contributed by atoms with E-state index in [1.807, 2.05) is 36.4 Å². The van der Waals surface area contributed by atoms with Crippen LogP contribution in [0.15, 0.2) is 40.9 Å². The Morgan fingerprint density at radius 1 is 1.19 bits per heavy atom. The number of nitrogens with two attached hydrogens (primary N) is 1. The lowest BCUT2D eigenvalue weighted by Gasteiger charge is -2.04. The minimum atomic E-state index is 0.464. The lowest BCUT2D eigenvalue weighted by Crippen LogP contribution is -1.95. The second kappa shape index (κ2) is 5.93. The molecule has 0 aliphatic carbocycles. The topological polar surface area (TPSA) is 74.2 Å². The maximum absolute atomic E-state index is 6.10. The van der Waals surface area contributed by atoms with Crippen molar-refractivity contribution in [3.8, 4) is 11.5 Å². The van der Waals surface area contributed by atoms with Gasteiger partial charge in [0.25, 0.3) is 5.89 Å². The normalized spacial score (nSPS) is 11.1. The molecule has 3 rings (SSSR count). The van der Waals surface area contributed by atoms with Crippen molar-refractivity contribution in [2.75, 3.05) is 19.5 Å². The van der Waals surface area contributed by atoms with Crippen LogP contribution in [-0.2, 0) is 11.2 Å². The van der Waals surface area contributed by atoms with Crippen LogP contribution in [0.4, 0.5) is 5.69 Å². The fourth-order valence-corrected chi connectivity index (χ4v) is 2.28.